The van der Waals surface area contributed by atoms with Gasteiger partial charge in [0, 0.05) is 24.5 Å². The molecule has 1 amide bonds. The number of anilines is 1. The third kappa shape index (κ3) is 3.66. The van der Waals surface area contributed by atoms with E-state index in [1.165, 1.54) is 17.2 Å². The summed E-state index contributed by atoms with van der Waals surface area (Å²) in [5.74, 6) is -0.114. The van der Waals surface area contributed by atoms with Crippen molar-refractivity contribution in [2.45, 2.75) is 19.1 Å². The Kier molecular flexibility index (Phi) is 4.97. The molecule has 1 aliphatic rings. The van der Waals surface area contributed by atoms with Crippen molar-refractivity contribution in [2.24, 2.45) is 0 Å². The van der Waals surface area contributed by atoms with Crippen LogP contribution in [0.5, 0.6) is 0 Å². The van der Waals surface area contributed by atoms with Gasteiger partial charge in [-0.2, -0.15) is 18.3 Å². The molecule has 0 aliphatic carbocycles. The van der Waals surface area contributed by atoms with Gasteiger partial charge in [0.25, 0.3) is 5.91 Å². The van der Waals surface area contributed by atoms with Gasteiger partial charge in [-0.3, -0.25) is 14.5 Å². The van der Waals surface area contributed by atoms with Crippen molar-refractivity contribution in [1.29, 1.82) is 0 Å². The molecule has 0 fully saturated rings. The lowest BCUT2D eigenvalue weighted by Gasteiger charge is -2.32. The van der Waals surface area contributed by atoms with Gasteiger partial charge in [-0.25, -0.2) is 0 Å². The molecule has 0 N–H and O–H groups in total. The summed E-state index contributed by atoms with van der Waals surface area (Å²) in [5, 5.41) is 7.89. The predicted molar refractivity (Wildman–Crippen MR) is 114 cm³/mol. The van der Waals surface area contributed by atoms with Gasteiger partial charge in [0.1, 0.15) is 11.4 Å². The Hall–Kier alpha value is -3.66. The lowest BCUT2D eigenvalue weighted by atomic mass is 10.1. The first-order valence-electron chi connectivity index (χ1n) is 9.88. The highest BCUT2D eigenvalue weighted by atomic mass is 35.5. The van der Waals surface area contributed by atoms with Gasteiger partial charge in [0.15, 0.2) is 5.76 Å². The second-order valence-electron chi connectivity index (χ2n) is 7.57. The van der Waals surface area contributed by atoms with Crippen LogP contribution in [0.4, 0.5) is 18.9 Å². The summed E-state index contributed by atoms with van der Waals surface area (Å²) in [6.07, 6.45) is -1.45. The molecule has 0 unspecified atom stereocenters. The SMILES string of the molecule is C[C@H]1CN(c2ccc(C(F)(F)F)c(Cl)c2)C(=O)c2c(-c3cc(-c4ccccn4)no3)cnn21. The number of nitrogens with zero attached hydrogens (tertiary/aromatic N) is 5. The summed E-state index contributed by atoms with van der Waals surface area (Å²) in [6, 6.07) is 10.0. The molecule has 11 heteroatoms. The Morgan fingerprint density at radius 1 is 1.15 bits per heavy atom. The number of benzene rings is 1. The van der Waals surface area contributed by atoms with Gasteiger partial charge in [0.05, 0.1) is 34.1 Å². The van der Waals surface area contributed by atoms with Crippen LogP contribution in [0.15, 0.2) is 59.4 Å². The van der Waals surface area contributed by atoms with Gasteiger partial charge < -0.3 is 9.42 Å². The Labute approximate surface area is 190 Å². The lowest BCUT2D eigenvalue weighted by molar-refractivity contribution is -0.137. The molecule has 1 aliphatic heterocycles. The van der Waals surface area contributed by atoms with E-state index in [-0.39, 0.29) is 24.0 Å². The number of alkyl halides is 3. The van der Waals surface area contributed by atoms with E-state index in [0.29, 0.717) is 22.7 Å². The number of halogens is 4. The summed E-state index contributed by atoms with van der Waals surface area (Å²) in [6.45, 7) is 2.06. The average molecular weight is 474 g/mol. The number of amides is 1. The molecule has 33 heavy (non-hydrogen) atoms. The molecule has 0 saturated heterocycles. The molecule has 0 bridgehead atoms. The summed E-state index contributed by atoms with van der Waals surface area (Å²) in [5.41, 5.74) is 1.06. The molecule has 0 radical (unpaired) electrons. The number of fused-ring (bicyclic) bond motifs is 1. The minimum absolute atomic E-state index is 0.213. The third-order valence-corrected chi connectivity index (χ3v) is 5.69. The van der Waals surface area contributed by atoms with E-state index in [1.807, 2.05) is 13.0 Å². The number of aromatic nitrogens is 4. The normalized spacial score (nSPS) is 16.2. The molecule has 1 aromatic carbocycles. The minimum Gasteiger partial charge on any atom is -0.355 e. The van der Waals surface area contributed by atoms with Crippen LogP contribution < -0.4 is 4.90 Å². The molecule has 3 aromatic heterocycles. The quantitative estimate of drug-likeness (QED) is 0.393. The summed E-state index contributed by atoms with van der Waals surface area (Å²) < 4.78 is 46.3. The zero-order valence-corrected chi connectivity index (χ0v) is 17.8. The van der Waals surface area contributed by atoms with Crippen molar-refractivity contribution < 1.29 is 22.5 Å². The second kappa shape index (κ2) is 7.73. The molecule has 0 saturated carbocycles. The Bertz CT molecular complexity index is 1350. The fraction of sp³-hybridized carbons (Fsp3) is 0.182. The Morgan fingerprint density at radius 2 is 1.97 bits per heavy atom. The summed E-state index contributed by atoms with van der Waals surface area (Å²) in [4.78, 5) is 19.0. The van der Waals surface area contributed by atoms with Gasteiger partial charge >= 0.3 is 6.18 Å². The number of pyridine rings is 1. The van der Waals surface area contributed by atoms with Crippen molar-refractivity contribution >= 4 is 23.2 Å². The van der Waals surface area contributed by atoms with Crippen molar-refractivity contribution in [3.8, 4) is 22.7 Å². The number of carbonyl (C=O) groups is 1. The first-order valence-corrected chi connectivity index (χ1v) is 10.3. The van der Waals surface area contributed by atoms with Crippen LogP contribution in [-0.2, 0) is 6.18 Å². The molecule has 1 atom stereocenters. The molecule has 7 nitrogen and oxygen atoms in total. The first-order chi connectivity index (χ1) is 15.7. The van der Waals surface area contributed by atoms with Crippen LogP contribution >= 0.6 is 11.6 Å². The van der Waals surface area contributed by atoms with Crippen LogP contribution in [0.25, 0.3) is 22.7 Å². The van der Waals surface area contributed by atoms with Crippen LogP contribution in [0.2, 0.25) is 5.02 Å². The van der Waals surface area contributed by atoms with Crippen molar-refractivity contribution in [1.82, 2.24) is 19.9 Å². The molecule has 0 spiro atoms. The topological polar surface area (TPSA) is 77.1 Å². The van der Waals surface area contributed by atoms with E-state index < -0.39 is 22.7 Å². The van der Waals surface area contributed by atoms with E-state index in [1.54, 1.807) is 29.1 Å². The van der Waals surface area contributed by atoms with E-state index in [2.05, 4.69) is 15.2 Å². The maximum Gasteiger partial charge on any atom is 0.417 e. The number of carbonyl (C=O) groups excluding carboxylic acids is 1. The van der Waals surface area contributed by atoms with E-state index in [9.17, 15) is 18.0 Å². The number of hydrogen-bond acceptors (Lipinski definition) is 5. The van der Waals surface area contributed by atoms with Crippen molar-refractivity contribution in [2.75, 3.05) is 11.4 Å². The van der Waals surface area contributed by atoms with E-state index in [4.69, 9.17) is 16.1 Å². The fourth-order valence-electron chi connectivity index (χ4n) is 3.80. The monoisotopic (exact) mass is 473 g/mol. The fourth-order valence-corrected chi connectivity index (χ4v) is 4.09. The molecular weight excluding hydrogens is 459 g/mol. The molecule has 168 valence electrons. The zero-order chi connectivity index (χ0) is 23.3. The smallest absolute Gasteiger partial charge is 0.355 e. The highest BCUT2D eigenvalue weighted by molar-refractivity contribution is 6.31. The maximum atomic E-state index is 13.4. The van der Waals surface area contributed by atoms with Crippen LogP contribution in [0, 0.1) is 0 Å². The summed E-state index contributed by atoms with van der Waals surface area (Å²) in [7, 11) is 0. The molecular formula is C22H15ClF3N5O2. The van der Waals surface area contributed by atoms with Gasteiger partial charge in [-0.05, 0) is 37.3 Å². The van der Waals surface area contributed by atoms with Crippen LogP contribution in [0.3, 0.4) is 0 Å². The molecule has 5 rings (SSSR count). The highest BCUT2D eigenvalue weighted by Gasteiger charge is 2.37. The predicted octanol–water partition coefficient (Wildman–Crippen LogP) is 5.49. The number of rotatable bonds is 3. The molecule has 4 aromatic rings. The first kappa shape index (κ1) is 21.2. The van der Waals surface area contributed by atoms with Crippen LogP contribution in [0.1, 0.15) is 29.0 Å². The van der Waals surface area contributed by atoms with Gasteiger partial charge in [-0.15, -0.1) is 0 Å². The second-order valence-corrected chi connectivity index (χ2v) is 7.98. The third-order valence-electron chi connectivity index (χ3n) is 5.38. The Balaban J connectivity index is 1.53. The van der Waals surface area contributed by atoms with Gasteiger partial charge in [-0.1, -0.05) is 22.8 Å². The number of hydrogen-bond donors (Lipinski definition) is 0. The van der Waals surface area contributed by atoms with Crippen molar-refractivity contribution in [3.05, 3.63) is 71.1 Å². The highest BCUT2D eigenvalue weighted by Crippen LogP contribution is 2.39. The van der Waals surface area contributed by atoms with E-state index in [0.717, 1.165) is 12.1 Å². The standard InChI is InChI=1S/C22H15ClF3N5O2/c1-12-11-30(13-5-6-15(16(23)8-13)22(24,25)26)21(32)20-14(10-28-31(12)20)19-9-18(29-33-19)17-4-2-3-7-27-17/h2-10,12H,11H2,1H3/t12-/m0/s1. The Morgan fingerprint density at radius 3 is 2.67 bits per heavy atom. The zero-order valence-electron chi connectivity index (χ0n) is 17.0. The lowest BCUT2D eigenvalue weighted by Crippen LogP contribution is -2.42. The minimum atomic E-state index is -4.59. The largest absolute Gasteiger partial charge is 0.417 e. The summed E-state index contributed by atoms with van der Waals surface area (Å²) >= 11 is 5.88. The van der Waals surface area contributed by atoms with Crippen LogP contribution in [-0.4, -0.2) is 32.4 Å². The average Bonchev–Trinajstić information content (AvgIpc) is 3.43. The van der Waals surface area contributed by atoms with E-state index >= 15 is 0 Å². The molecule has 4 heterocycles. The van der Waals surface area contributed by atoms with Crippen molar-refractivity contribution in [3.63, 3.8) is 0 Å². The maximum absolute atomic E-state index is 13.4. The van der Waals surface area contributed by atoms with Gasteiger partial charge in [0.2, 0.25) is 0 Å².